The summed E-state index contributed by atoms with van der Waals surface area (Å²) in [6.45, 7) is 4.87. The largest absolute Gasteiger partial charge is 0.349 e. The van der Waals surface area contributed by atoms with E-state index in [9.17, 15) is 4.79 Å². The fourth-order valence-corrected chi connectivity index (χ4v) is 3.12. The van der Waals surface area contributed by atoms with Crippen molar-refractivity contribution in [3.63, 3.8) is 0 Å². The van der Waals surface area contributed by atoms with Crippen LogP contribution in [0.4, 0.5) is 0 Å². The summed E-state index contributed by atoms with van der Waals surface area (Å²) >= 11 is 0. The van der Waals surface area contributed by atoms with Gasteiger partial charge in [-0.1, -0.05) is 26.7 Å². The number of hydrogen-bond donors (Lipinski definition) is 2. The summed E-state index contributed by atoms with van der Waals surface area (Å²) in [5, 5.41) is 3.29. The van der Waals surface area contributed by atoms with E-state index in [1.165, 1.54) is 32.1 Å². The van der Waals surface area contributed by atoms with E-state index >= 15 is 0 Å². The molecule has 17 heavy (non-hydrogen) atoms. The third-order valence-electron chi connectivity index (χ3n) is 4.93. The van der Waals surface area contributed by atoms with E-state index in [0.29, 0.717) is 18.4 Å². The minimum absolute atomic E-state index is 0.127. The van der Waals surface area contributed by atoms with E-state index < -0.39 is 0 Å². The molecular formula is C14H26N2O. The Kier molecular flexibility index (Phi) is 3.76. The Balaban J connectivity index is 1.99. The average molecular weight is 238 g/mol. The van der Waals surface area contributed by atoms with Crippen molar-refractivity contribution in [3.8, 4) is 0 Å². The highest BCUT2D eigenvalue weighted by molar-refractivity contribution is 5.79. The highest BCUT2D eigenvalue weighted by Crippen LogP contribution is 2.38. The molecule has 0 aromatic carbocycles. The van der Waals surface area contributed by atoms with Gasteiger partial charge in [-0.05, 0) is 37.5 Å². The Morgan fingerprint density at radius 3 is 2.65 bits per heavy atom. The van der Waals surface area contributed by atoms with Gasteiger partial charge in [0, 0.05) is 12.5 Å². The van der Waals surface area contributed by atoms with Crippen molar-refractivity contribution in [1.29, 1.82) is 0 Å². The lowest BCUT2D eigenvalue weighted by Gasteiger charge is -2.43. The molecule has 2 saturated carbocycles. The van der Waals surface area contributed by atoms with Crippen LogP contribution in [-0.2, 0) is 4.79 Å². The van der Waals surface area contributed by atoms with Gasteiger partial charge in [0.2, 0.25) is 5.91 Å². The molecule has 3 N–H and O–H groups in total. The summed E-state index contributed by atoms with van der Waals surface area (Å²) in [6, 6.07) is 0. The predicted molar refractivity (Wildman–Crippen MR) is 69.4 cm³/mol. The van der Waals surface area contributed by atoms with Crippen LogP contribution in [0.25, 0.3) is 0 Å². The lowest BCUT2D eigenvalue weighted by Crippen LogP contribution is -2.60. The third-order valence-corrected chi connectivity index (χ3v) is 4.93. The minimum atomic E-state index is -0.127. The second-order valence-electron chi connectivity index (χ2n) is 6.12. The number of rotatable bonds is 4. The molecule has 0 bridgehead atoms. The fraction of sp³-hybridized carbons (Fsp3) is 0.929. The number of hydrogen-bond acceptors (Lipinski definition) is 2. The van der Waals surface area contributed by atoms with E-state index in [1.54, 1.807) is 0 Å². The molecule has 0 aromatic heterocycles. The first-order valence-corrected chi connectivity index (χ1v) is 7.11. The molecule has 0 spiro atoms. The normalized spacial score (nSPS) is 35.4. The van der Waals surface area contributed by atoms with Crippen molar-refractivity contribution in [3.05, 3.63) is 0 Å². The maximum Gasteiger partial charge on any atom is 0.223 e. The molecule has 98 valence electrons. The summed E-state index contributed by atoms with van der Waals surface area (Å²) in [4.78, 5) is 12.2. The lowest BCUT2D eigenvalue weighted by atomic mass is 9.73. The average Bonchev–Trinajstić information content (AvgIpc) is 3.15. The van der Waals surface area contributed by atoms with E-state index in [-0.39, 0.29) is 17.4 Å². The van der Waals surface area contributed by atoms with Crippen molar-refractivity contribution in [1.82, 2.24) is 5.32 Å². The van der Waals surface area contributed by atoms with Crippen molar-refractivity contribution >= 4 is 5.91 Å². The quantitative estimate of drug-likeness (QED) is 0.787. The van der Waals surface area contributed by atoms with Gasteiger partial charge in [-0.3, -0.25) is 4.79 Å². The van der Waals surface area contributed by atoms with E-state index in [4.69, 9.17) is 5.73 Å². The zero-order valence-electron chi connectivity index (χ0n) is 11.2. The molecule has 3 nitrogen and oxygen atoms in total. The number of carbonyl (C=O) groups excluding carboxylic acids is 1. The fourth-order valence-electron chi connectivity index (χ4n) is 3.12. The van der Waals surface area contributed by atoms with Crippen molar-refractivity contribution < 1.29 is 4.79 Å². The van der Waals surface area contributed by atoms with Crippen LogP contribution in [0.15, 0.2) is 0 Å². The third kappa shape index (κ3) is 2.65. The molecule has 0 saturated heterocycles. The van der Waals surface area contributed by atoms with Gasteiger partial charge >= 0.3 is 0 Å². The Morgan fingerprint density at radius 1 is 1.41 bits per heavy atom. The molecule has 0 aliphatic heterocycles. The summed E-state index contributed by atoms with van der Waals surface area (Å²) in [7, 11) is 0. The molecule has 0 heterocycles. The molecule has 2 rings (SSSR count). The van der Waals surface area contributed by atoms with Crippen LogP contribution in [0.2, 0.25) is 0 Å². The van der Waals surface area contributed by atoms with Gasteiger partial charge in [-0.25, -0.2) is 0 Å². The first-order valence-electron chi connectivity index (χ1n) is 7.11. The highest BCUT2D eigenvalue weighted by atomic mass is 16.2. The molecule has 2 aliphatic carbocycles. The van der Waals surface area contributed by atoms with Gasteiger partial charge in [-0.2, -0.15) is 0 Å². The standard InChI is InChI=1S/C14H26N2O/c1-10-5-3-4-8-14(10,9-15)16-13(17)11(2)12-6-7-12/h10-12H,3-9,15H2,1-2H3,(H,16,17). The maximum atomic E-state index is 12.2. The summed E-state index contributed by atoms with van der Waals surface area (Å²) in [5.74, 6) is 1.54. The SMILES string of the molecule is CC(C(=O)NC1(CN)CCCCC1C)C1CC1. The van der Waals surface area contributed by atoms with Gasteiger partial charge in [0.25, 0.3) is 0 Å². The molecule has 3 heteroatoms. The monoisotopic (exact) mass is 238 g/mol. The minimum Gasteiger partial charge on any atom is -0.349 e. The second kappa shape index (κ2) is 4.97. The Morgan fingerprint density at radius 2 is 2.12 bits per heavy atom. The van der Waals surface area contributed by atoms with Crippen LogP contribution in [0.1, 0.15) is 52.4 Å². The molecule has 0 aromatic rings. The second-order valence-corrected chi connectivity index (χ2v) is 6.12. The van der Waals surface area contributed by atoms with E-state index in [0.717, 1.165) is 6.42 Å². The highest BCUT2D eigenvalue weighted by Gasteiger charge is 2.41. The van der Waals surface area contributed by atoms with Gasteiger partial charge < -0.3 is 11.1 Å². The van der Waals surface area contributed by atoms with Crippen molar-refractivity contribution in [2.75, 3.05) is 6.54 Å². The van der Waals surface area contributed by atoms with Gasteiger partial charge in [0.05, 0.1) is 5.54 Å². The predicted octanol–water partition coefficient (Wildman–Crippen LogP) is 2.06. The van der Waals surface area contributed by atoms with Gasteiger partial charge in [-0.15, -0.1) is 0 Å². The van der Waals surface area contributed by atoms with Gasteiger partial charge in [0.15, 0.2) is 0 Å². The van der Waals surface area contributed by atoms with Crippen LogP contribution in [0.3, 0.4) is 0 Å². The number of carbonyl (C=O) groups is 1. The molecule has 0 radical (unpaired) electrons. The summed E-state index contributed by atoms with van der Waals surface area (Å²) in [5.41, 5.74) is 5.83. The van der Waals surface area contributed by atoms with Crippen LogP contribution in [-0.4, -0.2) is 18.0 Å². The Bertz CT molecular complexity index is 288. The topological polar surface area (TPSA) is 55.1 Å². The molecule has 1 amide bonds. The Labute approximate surface area is 105 Å². The van der Waals surface area contributed by atoms with E-state index in [1.807, 2.05) is 0 Å². The van der Waals surface area contributed by atoms with Crippen LogP contribution < -0.4 is 11.1 Å². The lowest BCUT2D eigenvalue weighted by molar-refractivity contribution is -0.128. The zero-order valence-corrected chi connectivity index (χ0v) is 11.2. The Hall–Kier alpha value is -0.570. The van der Waals surface area contributed by atoms with Crippen LogP contribution in [0, 0.1) is 17.8 Å². The number of nitrogens with one attached hydrogen (secondary N) is 1. The smallest absolute Gasteiger partial charge is 0.223 e. The maximum absolute atomic E-state index is 12.2. The van der Waals surface area contributed by atoms with Gasteiger partial charge in [0.1, 0.15) is 0 Å². The summed E-state index contributed by atoms with van der Waals surface area (Å²) < 4.78 is 0. The summed E-state index contributed by atoms with van der Waals surface area (Å²) in [6.07, 6.45) is 7.15. The van der Waals surface area contributed by atoms with Crippen molar-refractivity contribution in [2.45, 2.75) is 57.9 Å². The molecule has 3 unspecified atom stereocenters. The zero-order chi connectivity index (χ0) is 12.5. The number of amides is 1. The molecular weight excluding hydrogens is 212 g/mol. The molecule has 3 atom stereocenters. The van der Waals surface area contributed by atoms with Crippen LogP contribution >= 0.6 is 0 Å². The van der Waals surface area contributed by atoms with Crippen molar-refractivity contribution in [2.24, 2.45) is 23.5 Å². The molecule has 2 fully saturated rings. The first-order chi connectivity index (χ1) is 8.09. The number of nitrogens with two attached hydrogens (primary N) is 1. The van der Waals surface area contributed by atoms with Crippen LogP contribution in [0.5, 0.6) is 0 Å². The molecule has 2 aliphatic rings. The first kappa shape index (κ1) is 12.9. The van der Waals surface area contributed by atoms with E-state index in [2.05, 4.69) is 19.2 Å².